The number of nitrogens with zero attached hydrogens (tertiary/aromatic N) is 3. The standard InChI is InChI=1S/C76H51N3SSi/c1-5-21-52(22-6-1)56-29-17-33-62(45-56)81(63-34-18-30-57(46-63)53-23-7-2-8-24-53,64-35-19-31-58(47-64)54-25-9-3-10-26-54)65-36-20-32-60(48-65)70-51-71(61-42-44-75-69(50-61)67-38-14-16-40-74(67)80-75)78-76(77-70)79-72-39-15-13-37-66(72)68-49-59(41-43-73(68)79)55-27-11-4-12-28-55/h1-51H. The van der Waals surface area contributed by atoms with E-state index < -0.39 is 8.07 Å². The van der Waals surface area contributed by atoms with Gasteiger partial charge in [0.1, 0.15) is 0 Å². The molecule has 0 saturated carbocycles. The minimum absolute atomic E-state index is 0.618. The topological polar surface area (TPSA) is 30.7 Å². The van der Waals surface area contributed by atoms with Gasteiger partial charge in [-0.05, 0) is 108 Å². The van der Waals surface area contributed by atoms with Crippen LogP contribution < -0.4 is 20.7 Å². The molecule has 0 aliphatic heterocycles. The monoisotopic (exact) mass is 1070 g/mol. The maximum absolute atomic E-state index is 5.73. The van der Waals surface area contributed by atoms with Crippen molar-refractivity contribution in [3.05, 3.63) is 309 Å². The molecule has 0 atom stereocenters. The molecular formula is C76H51N3SSi. The second-order valence-corrected chi connectivity index (χ2v) is 25.8. The van der Waals surface area contributed by atoms with Gasteiger partial charge in [-0.2, -0.15) is 0 Å². The predicted molar refractivity (Wildman–Crippen MR) is 345 cm³/mol. The van der Waals surface area contributed by atoms with Gasteiger partial charge in [0.05, 0.1) is 22.4 Å². The first-order valence-corrected chi connectivity index (χ1v) is 30.4. The van der Waals surface area contributed by atoms with Gasteiger partial charge in [-0.3, -0.25) is 4.57 Å². The van der Waals surface area contributed by atoms with Gasteiger partial charge >= 0.3 is 0 Å². The van der Waals surface area contributed by atoms with Crippen molar-refractivity contribution in [2.45, 2.75) is 0 Å². The molecule has 0 aliphatic carbocycles. The highest BCUT2D eigenvalue weighted by atomic mass is 32.1. The van der Waals surface area contributed by atoms with Crippen LogP contribution >= 0.6 is 11.3 Å². The zero-order chi connectivity index (χ0) is 53.7. The normalized spacial score (nSPS) is 11.7. The highest BCUT2D eigenvalue weighted by molar-refractivity contribution is 7.25. The Morgan fingerprint density at radius 1 is 0.247 bits per heavy atom. The summed E-state index contributed by atoms with van der Waals surface area (Å²) in [5.74, 6) is 0.618. The minimum atomic E-state index is -3.30. The summed E-state index contributed by atoms with van der Waals surface area (Å²) in [6.45, 7) is 0. The van der Waals surface area contributed by atoms with E-state index in [2.05, 4.69) is 314 Å². The van der Waals surface area contributed by atoms with Crippen molar-refractivity contribution in [2.75, 3.05) is 0 Å². The summed E-state index contributed by atoms with van der Waals surface area (Å²) in [5.41, 5.74) is 15.3. The lowest BCUT2D eigenvalue weighted by molar-refractivity contribution is 0.996. The lowest BCUT2D eigenvalue weighted by Crippen LogP contribution is -2.74. The van der Waals surface area contributed by atoms with Gasteiger partial charge in [-0.1, -0.05) is 267 Å². The molecule has 3 aromatic heterocycles. The van der Waals surface area contributed by atoms with Gasteiger partial charge < -0.3 is 0 Å². The van der Waals surface area contributed by atoms with Gasteiger partial charge in [0.25, 0.3) is 0 Å². The molecule has 3 heterocycles. The Hall–Kier alpha value is -10.0. The fourth-order valence-electron chi connectivity index (χ4n) is 12.3. The molecule has 0 unspecified atom stereocenters. The van der Waals surface area contributed by atoms with Crippen molar-refractivity contribution in [1.82, 2.24) is 14.5 Å². The number of rotatable bonds is 11. The van der Waals surface area contributed by atoms with E-state index in [9.17, 15) is 0 Å². The number of benzene rings is 12. The van der Waals surface area contributed by atoms with Crippen molar-refractivity contribution in [1.29, 1.82) is 0 Å². The molecule has 0 N–H and O–H groups in total. The summed E-state index contributed by atoms with van der Waals surface area (Å²) in [5, 5.41) is 9.90. The zero-order valence-electron chi connectivity index (χ0n) is 44.2. The largest absolute Gasteiger partial charge is 0.278 e. The Morgan fingerprint density at radius 3 is 1.15 bits per heavy atom. The van der Waals surface area contributed by atoms with Crippen molar-refractivity contribution in [3.8, 4) is 73.0 Å². The van der Waals surface area contributed by atoms with Crippen LogP contribution in [0, 0.1) is 0 Å². The fraction of sp³-hybridized carbons (Fsp3) is 0. The number of thiophene rings is 1. The van der Waals surface area contributed by atoms with Crippen LogP contribution in [0.5, 0.6) is 0 Å². The van der Waals surface area contributed by atoms with Crippen LogP contribution in [0.15, 0.2) is 309 Å². The number of aromatic nitrogens is 3. The third-order valence-corrected chi connectivity index (χ3v) is 22.0. The first kappa shape index (κ1) is 48.1. The summed E-state index contributed by atoms with van der Waals surface area (Å²) in [4.78, 5) is 11.3. The molecular weight excluding hydrogens is 1020 g/mol. The molecule has 12 aromatic carbocycles. The molecule has 15 rings (SSSR count). The highest BCUT2D eigenvalue weighted by Gasteiger charge is 2.42. The first-order valence-electron chi connectivity index (χ1n) is 27.6. The number of para-hydroxylation sites is 1. The van der Waals surface area contributed by atoms with E-state index in [-0.39, 0.29) is 0 Å². The molecule has 0 amide bonds. The van der Waals surface area contributed by atoms with Crippen molar-refractivity contribution in [2.24, 2.45) is 0 Å². The molecule has 0 spiro atoms. The van der Waals surface area contributed by atoms with Crippen LogP contribution in [0.4, 0.5) is 0 Å². The SMILES string of the molecule is c1ccc(-c2cccc([Si](c3cccc(-c4ccccc4)c3)(c3cccc(-c4ccccc4)c3)c3cccc(-c4cc(-c5ccc6sc7ccccc7c6c5)nc(-n5c6ccccc6c6cc(-c7ccccc7)ccc65)n4)c3)c2)cc1. The van der Waals surface area contributed by atoms with E-state index in [4.69, 9.17) is 9.97 Å². The lowest BCUT2D eigenvalue weighted by Gasteiger charge is -2.35. The smallest absolute Gasteiger partial charge is 0.235 e. The Balaban J connectivity index is 1.00. The van der Waals surface area contributed by atoms with E-state index >= 15 is 0 Å². The Bertz CT molecular complexity index is 4620. The first-order chi connectivity index (χ1) is 40.1. The average molecular weight is 1070 g/mol. The highest BCUT2D eigenvalue weighted by Crippen LogP contribution is 2.39. The number of hydrogen-bond donors (Lipinski definition) is 0. The maximum atomic E-state index is 5.73. The molecule has 0 aliphatic rings. The average Bonchev–Trinajstić information content (AvgIpc) is 4.23. The molecule has 5 heteroatoms. The minimum Gasteiger partial charge on any atom is -0.278 e. The summed E-state index contributed by atoms with van der Waals surface area (Å²) in [6, 6.07) is 114. The number of fused-ring (bicyclic) bond motifs is 6. The quantitative estimate of drug-likeness (QED) is 0.0955. The summed E-state index contributed by atoms with van der Waals surface area (Å²) in [6.07, 6.45) is 0. The summed E-state index contributed by atoms with van der Waals surface area (Å²) < 4.78 is 4.80. The van der Waals surface area contributed by atoms with E-state index in [1.165, 1.54) is 85.4 Å². The van der Waals surface area contributed by atoms with E-state index in [1.54, 1.807) is 0 Å². The lowest BCUT2D eigenvalue weighted by atomic mass is 10.0. The summed E-state index contributed by atoms with van der Waals surface area (Å²) >= 11 is 1.83. The van der Waals surface area contributed by atoms with Crippen LogP contribution in [0.2, 0.25) is 0 Å². The third-order valence-electron chi connectivity index (χ3n) is 16.2. The van der Waals surface area contributed by atoms with Gasteiger partial charge in [0, 0.05) is 42.1 Å². The number of hydrogen-bond acceptors (Lipinski definition) is 3. The second kappa shape index (κ2) is 20.3. The van der Waals surface area contributed by atoms with Gasteiger partial charge in [0.15, 0.2) is 8.07 Å². The van der Waals surface area contributed by atoms with Crippen molar-refractivity contribution in [3.63, 3.8) is 0 Å². The van der Waals surface area contributed by atoms with Crippen molar-refractivity contribution >= 4 is 82.1 Å². The van der Waals surface area contributed by atoms with Gasteiger partial charge in [-0.25, -0.2) is 9.97 Å². The molecule has 3 nitrogen and oxygen atoms in total. The fourth-order valence-corrected chi connectivity index (χ4v) is 18.3. The molecule has 81 heavy (non-hydrogen) atoms. The molecule has 0 bridgehead atoms. The van der Waals surface area contributed by atoms with E-state index in [1.807, 2.05) is 11.3 Å². The van der Waals surface area contributed by atoms with E-state index in [0.717, 1.165) is 44.3 Å². The predicted octanol–water partition coefficient (Wildman–Crippen LogP) is 17.3. The zero-order valence-corrected chi connectivity index (χ0v) is 46.0. The molecule has 0 fully saturated rings. The van der Waals surface area contributed by atoms with Crippen molar-refractivity contribution < 1.29 is 0 Å². The molecule has 380 valence electrons. The third kappa shape index (κ3) is 8.59. The van der Waals surface area contributed by atoms with Crippen LogP contribution in [0.1, 0.15) is 0 Å². The van der Waals surface area contributed by atoms with Crippen LogP contribution in [-0.2, 0) is 0 Å². The second-order valence-electron chi connectivity index (χ2n) is 20.9. The Morgan fingerprint density at radius 2 is 0.617 bits per heavy atom. The molecule has 0 saturated heterocycles. The van der Waals surface area contributed by atoms with Gasteiger partial charge in [0.2, 0.25) is 5.95 Å². The maximum Gasteiger partial charge on any atom is 0.235 e. The van der Waals surface area contributed by atoms with Crippen LogP contribution in [0.25, 0.3) is 115 Å². The Kier molecular flexibility index (Phi) is 12.1. The van der Waals surface area contributed by atoms with E-state index in [0.29, 0.717) is 5.95 Å². The van der Waals surface area contributed by atoms with Gasteiger partial charge in [-0.15, -0.1) is 11.3 Å². The van der Waals surface area contributed by atoms with Crippen LogP contribution in [0.3, 0.4) is 0 Å². The summed E-state index contributed by atoms with van der Waals surface area (Å²) in [7, 11) is -3.30. The van der Waals surface area contributed by atoms with Crippen LogP contribution in [-0.4, -0.2) is 22.6 Å². The molecule has 15 aromatic rings. The molecule has 0 radical (unpaired) electrons. The Labute approximate surface area is 476 Å².